The van der Waals surface area contributed by atoms with E-state index in [1.807, 2.05) is 6.07 Å². The second kappa shape index (κ2) is 3.84. The SMILES string of the molecule is O=C(c1cc2c(s1)CCOC2)N1CC(O)C1. The minimum atomic E-state index is -0.332. The Kier molecular flexibility index (Phi) is 2.46. The van der Waals surface area contributed by atoms with Crippen LogP contribution in [-0.4, -0.2) is 41.7 Å². The highest BCUT2D eigenvalue weighted by Gasteiger charge is 2.31. The van der Waals surface area contributed by atoms with Gasteiger partial charge in [0.1, 0.15) is 0 Å². The number of ether oxygens (including phenoxy) is 1. The number of hydrogen-bond acceptors (Lipinski definition) is 4. The zero-order valence-electron chi connectivity index (χ0n) is 8.81. The lowest BCUT2D eigenvalue weighted by Gasteiger charge is -2.35. The highest BCUT2D eigenvalue weighted by molar-refractivity contribution is 7.14. The first-order valence-corrected chi connectivity index (χ1v) is 6.22. The number of hydrogen-bond donors (Lipinski definition) is 1. The Labute approximate surface area is 97.4 Å². The van der Waals surface area contributed by atoms with E-state index in [0.717, 1.165) is 23.5 Å². The number of carbonyl (C=O) groups is 1. The number of rotatable bonds is 1. The maximum absolute atomic E-state index is 12.0. The van der Waals surface area contributed by atoms with Gasteiger partial charge in [-0.15, -0.1) is 11.3 Å². The van der Waals surface area contributed by atoms with Gasteiger partial charge < -0.3 is 14.7 Å². The van der Waals surface area contributed by atoms with Crippen LogP contribution >= 0.6 is 11.3 Å². The van der Waals surface area contributed by atoms with Gasteiger partial charge in [-0.2, -0.15) is 0 Å². The van der Waals surface area contributed by atoms with Crippen molar-refractivity contribution in [3.63, 3.8) is 0 Å². The Morgan fingerprint density at radius 1 is 1.56 bits per heavy atom. The molecule has 0 atom stereocenters. The molecular formula is C11H13NO3S. The lowest BCUT2D eigenvalue weighted by atomic mass is 10.1. The number of amides is 1. The summed E-state index contributed by atoms with van der Waals surface area (Å²) >= 11 is 1.57. The molecule has 0 saturated carbocycles. The smallest absolute Gasteiger partial charge is 0.264 e. The van der Waals surface area contributed by atoms with Crippen LogP contribution in [0.3, 0.4) is 0 Å². The normalized spacial score (nSPS) is 20.4. The molecule has 5 heteroatoms. The lowest BCUT2D eigenvalue weighted by Crippen LogP contribution is -2.53. The van der Waals surface area contributed by atoms with Gasteiger partial charge in [0.15, 0.2) is 0 Å². The van der Waals surface area contributed by atoms with E-state index >= 15 is 0 Å². The maximum atomic E-state index is 12.0. The number of carbonyl (C=O) groups excluding carboxylic acids is 1. The van der Waals surface area contributed by atoms with E-state index in [4.69, 9.17) is 9.84 Å². The standard InChI is InChI=1S/C11H13NO3S/c13-8-4-12(5-8)11(14)10-3-7-6-15-2-1-9(7)16-10/h3,8,13H,1-2,4-6H2. The Bertz CT molecular complexity index is 399. The van der Waals surface area contributed by atoms with E-state index in [2.05, 4.69) is 0 Å². The van der Waals surface area contributed by atoms with E-state index in [9.17, 15) is 4.79 Å². The Hall–Kier alpha value is -0.910. The van der Waals surface area contributed by atoms with Crippen LogP contribution < -0.4 is 0 Å². The Balaban J connectivity index is 1.79. The van der Waals surface area contributed by atoms with Crippen molar-refractivity contribution in [2.45, 2.75) is 19.1 Å². The summed E-state index contributed by atoms with van der Waals surface area (Å²) in [6, 6.07) is 1.94. The van der Waals surface area contributed by atoms with Gasteiger partial charge >= 0.3 is 0 Å². The molecule has 3 rings (SSSR count). The number of β-amino-alcohol motifs (C(OH)–C–C–N with tert-alkyl or cyclic N) is 1. The van der Waals surface area contributed by atoms with Gasteiger partial charge in [0.2, 0.25) is 0 Å². The van der Waals surface area contributed by atoms with Crippen molar-refractivity contribution in [3.8, 4) is 0 Å². The summed E-state index contributed by atoms with van der Waals surface area (Å²) in [4.78, 5) is 15.7. The monoisotopic (exact) mass is 239 g/mol. The van der Waals surface area contributed by atoms with E-state index in [-0.39, 0.29) is 12.0 Å². The zero-order chi connectivity index (χ0) is 11.1. The van der Waals surface area contributed by atoms with Gasteiger partial charge in [0.25, 0.3) is 5.91 Å². The van der Waals surface area contributed by atoms with Gasteiger partial charge in [-0.05, 0) is 11.6 Å². The molecule has 1 aromatic heterocycles. The third-order valence-electron chi connectivity index (χ3n) is 2.99. The molecule has 1 saturated heterocycles. The van der Waals surface area contributed by atoms with Crippen molar-refractivity contribution in [2.24, 2.45) is 0 Å². The van der Waals surface area contributed by atoms with Crippen molar-refractivity contribution >= 4 is 17.2 Å². The van der Waals surface area contributed by atoms with Crippen molar-refractivity contribution in [1.82, 2.24) is 4.90 Å². The molecule has 0 unspecified atom stereocenters. The van der Waals surface area contributed by atoms with Crippen LogP contribution in [0.15, 0.2) is 6.07 Å². The molecule has 86 valence electrons. The molecule has 0 aliphatic carbocycles. The summed E-state index contributed by atoms with van der Waals surface area (Å²) in [5.41, 5.74) is 1.15. The molecule has 1 fully saturated rings. The fourth-order valence-electron chi connectivity index (χ4n) is 2.03. The van der Waals surface area contributed by atoms with Gasteiger partial charge in [0, 0.05) is 24.4 Å². The largest absolute Gasteiger partial charge is 0.389 e. The molecule has 16 heavy (non-hydrogen) atoms. The molecular weight excluding hydrogens is 226 g/mol. The van der Waals surface area contributed by atoms with Gasteiger partial charge in [-0.3, -0.25) is 4.79 Å². The zero-order valence-corrected chi connectivity index (χ0v) is 9.63. The number of aliphatic hydroxyl groups is 1. The van der Waals surface area contributed by atoms with Crippen LogP contribution in [0.1, 0.15) is 20.1 Å². The van der Waals surface area contributed by atoms with Gasteiger partial charge in [-0.25, -0.2) is 0 Å². The van der Waals surface area contributed by atoms with Crippen molar-refractivity contribution in [2.75, 3.05) is 19.7 Å². The fraction of sp³-hybridized carbons (Fsp3) is 0.545. The molecule has 0 bridgehead atoms. The molecule has 2 aliphatic rings. The molecule has 0 radical (unpaired) electrons. The average Bonchev–Trinajstić information content (AvgIpc) is 2.67. The summed E-state index contributed by atoms with van der Waals surface area (Å²) in [7, 11) is 0. The van der Waals surface area contributed by atoms with Gasteiger partial charge in [0.05, 0.1) is 24.2 Å². The molecule has 1 amide bonds. The summed E-state index contributed by atoms with van der Waals surface area (Å²) in [6.45, 7) is 2.32. The molecule has 0 aromatic carbocycles. The molecule has 0 spiro atoms. The first-order valence-electron chi connectivity index (χ1n) is 5.40. The highest BCUT2D eigenvalue weighted by Crippen LogP contribution is 2.28. The lowest BCUT2D eigenvalue weighted by molar-refractivity contribution is 0.00622. The summed E-state index contributed by atoms with van der Waals surface area (Å²) in [5, 5.41) is 9.17. The molecule has 2 aliphatic heterocycles. The number of aliphatic hydroxyl groups excluding tert-OH is 1. The topological polar surface area (TPSA) is 49.8 Å². The Morgan fingerprint density at radius 2 is 2.38 bits per heavy atom. The number of likely N-dealkylation sites (tertiary alicyclic amines) is 1. The second-order valence-electron chi connectivity index (χ2n) is 4.23. The van der Waals surface area contributed by atoms with Crippen molar-refractivity contribution in [1.29, 1.82) is 0 Å². The van der Waals surface area contributed by atoms with E-state index in [1.54, 1.807) is 16.2 Å². The molecule has 3 heterocycles. The molecule has 4 nitrogen and oxygen atoms in total. The number of fused-ring (bicyclic) bond motifs is 1. The summed E-state index contributed by atoms with van der Waals surface area (Å²) in [5.74, 6) is 0.0460. The van der Waals surface area contributed by atoms with Crippen LogP contribution in [0, 0.1) is 0 Å². The second-order valence-corrected chi connectivity index (χ2v) is 5.36. The predicted octanol–water partition coefficient (Wildman–Crippen LogP) is 0.637. The van der Waals surface area contributed by atoms with Crippen LogP contribution in [0.5, 0.6) is 0 Å². The van der Waals surface area contributed by atoms with Crippen molar-refractivity contribution < 1.29 is 14.6 Å². The van der Waals surface area contributed by atoms with E-state index in [0.29, 0.717) is 19.7 Å². The Morgan fingerprint density at radius 3 is 3.06 bits per heavy atom. The van der Waals surface area contributed by atoms with Crippen LogP contribution in [0.2, 0.25) is 0 Å². The average molecular weight is 239 g/mol. The van der Waals surface area contributed by atoms with Crippen LogP contribution in [0.25, 0.3) is 0 Å². The third-order valence-corrected chi connectivity index (χ3v) is 4.21. The summed E-state index contributed by atoms with van der Waals surface area (Å²) in [6.07, 6.45) is 0.581. The first kappa shape index (κ1) is 10.3. The van der Waals surface area contributed by atoms with Crippen LogP contribution in [0.4, 0.5) is 0 Å². The third kappa shape index (κ3) is 1.65. The number of thiophene rings is 1. The molecule has 1 aromatic rings. The summed E-state index contributed by atoms with van der Waals surface area (Å²) < 4.78 is 5.35. The van der Waals surface area contributed by atoms with Crippen molar-refractivity contribution in [3.05, 3.63) is 21.4 Å². The first-order chi connectivity index (χ1) is 7.74. The fourth-order valence-corrected chi connectivity index (χ4v) is 3.15. The van der Waals surface area contributed by atoms with E-state index < -0.39 is 0 Å². The quantitative estimate of drug-likeness (QED) is 0.782. The predicted molar refractivity (Wildman–Crippen MR) is 59.6 cm³/mol. The molecule has 1 N–H and O–H groups in total. The van der Waals surface area contributed by atoms with E-state index in [1.165, 1.54) is 4.88 Å². The van der Waals surface area contributed by atoms with Crippen LogP contribution in [-0.2, 0) is 17.8 Å². The number of nitrogens with zero attached hydrogens (tertiary/aromatic N) is 1. The maximum Gasteiger partial charge on any atom is 0.264 e. The minimum absolute atomic E-state index is 0.0460. The van der Waals surface area contributed by atoms with Gasteiger partial charge in [-0.1, -0.05) is 0 Å². The minimum Gasteiger partial charge on any atom is -0.389 e. The highest BCUT2D eigenvalue weighted by atomic mass is 32.1.